The van der Waals surface area contributed by atoms with Crippen LogP contribution in [-0.2, 0) is 4.79 Å². The number of hydrogen-bond acceptors (Lipinski definition) is 2. The number of hydrogen-bond donors (Lipinski definition) is 2. The molecule has 116 valence electrons. The van der Waals surface area contributed by atoms with Crippen LogP contribution in [0.2, 0.25) is 0 Å². The first-order chi connectivity index (χ1) is 9.91. The van der Waals surface area contributed by atoms with Crippen molar-refractivity contribution < 1.29 is 9.59 Å². The molecule has 0 spiro atoms. The van der Waals surface area contributed by atoms with Crippen LogP contribution in [0.1, 0.15) is 43.4 Å². The van der Waals surface area contributed by atoms with Crippen LogP contribution in [0.5, 0.6) is 0 Å². The van der Waals surface area contributed by atoms with E-state index in [-0.39, 0.29) is 11.9 Å². The van der Waals surface area contributed by atoms with Gasteiger partial charge >= 0.3 is 6.03 Å². The van der Waals surface area contributed by atoms with Gasteiger partial charge in [0.2, 0.25) is 5.91 Å². The Morgan fingerprint density at radius 1 is 1.24 bits per heavy atom. The summed E-state index contributed by atoms with van der Waals surface area (Å²) in [7, 11) is 1.83. The lowest BCUT2D eigenvalue weighted by Crippen LogP contribution is -2.31. The van der Waals surface area contributed by atoms with E-state index in [0.717, 1.165) is 18.4 Å². The summed E-state index contributed by atoms with van der Waals surface area (Å²) >= 11 is 0. The number of aryl methyl sites for hydroxylation is 1. The van der Waals surface area contributed by atoms with Crippen LogP contribution < -0.4 is 11.1 Å². The molecule has 1 aromatic rings. The molecule has 3 N–H and O–H groups in total. The topological polar surface area (TPSA) is 75.4 Å². The van der Waals surface area contributed by atoms with Crippen molar-refractivity contribution in [3.63, 3.8) is 0 Å². The number of benzene rings is 1. The lowest BCUT2D eigenvalue weighted by Gasteiger charge is -2.25. The van der Waals surface area contributed by atoms with E-state index in [4.69, 9.17) is 5.73 Å². The third kappa shape index (κ3) is 5.85. The largest absolute Gasteiger partial charge is 0.352 e. The number of amides is 3. The lowest BCUT2D eigenvalue weighted by molar-refractivity contribution is -0.131. The number of nitrogens with one attached hydrogen (secondary N) is 1. The van der Waals surface area contributed by atoms with Gasteiger partial charge < -0.3 is 16.0 Å². The van der Waals surface area contributed by atoms with Crippen molar-refractivity contribution in [1.82, 2.24) is 10.2 Å². The summed E-state index contributed by atoms with van der Waals surface area (Å²) in [5.74, 6) is 0.113. The molecule has 0 bridgehead atoms. The molecular formula is C16H25N3O2. The summed E-state index contributed by atoms with van der Waals surface area (Å²) in [6.45, 7) is 4.58. The van der Waals surface area contributed by atoms with Crippen LogP contribution in [0.15, 0.2) is 24.3 Å². The quantitative estimate of drug-likeness (QED) is 0.757. The highest BCUT2D eigenvalue weighted by Gasteiger charge is 2.16. The molecule has 21 heavy (non-hydrogen) atoms. The van der Waals surface area contributed by atoms with Gasteiger partial charge in [0.15, 0.2) is 0 Å². The molecule has 1 aromatic carbocycles. The van der Waals surface area contributed by atoms with Crippen LogP contribution in [0.4, 0.5) is 4.79 Å². The zero-order chi connectivity index (χ0) is 15.8. The Hall–Kier alpha value is -2.04. The van der Waals surface area contributed by atoms with Gasteiger partial charge in [0, 0.05) is 20.0 Å². The summed E-state index contributed by atoms with van der Waals surface area (Å²) in [5, 5.41) is 2.52. The number of nitrogens with two attached hydrogens (primary N) is 1. The Morgan fingerprint density at radius 3 is 2.43 bits per heavy atom. The van der Waals surface area contributed by atoms with Crippen LogP contribution in [0.3, 0.4) is 0 Å². The average molecular weight is 291 g/mol. The Kier molecular flexibility index (Phi) is 6.72. The molecule has 1 atom stereocenters. The van der Waals surface area contributed by atoms with Crippen molar-refractivity contribution in [1.29, 1.82) is 0 Å². The predicted octanol–water partition coefficient (Wildman–Crippen LogP) is 2.35. The highest BCUT2D eigenvalue weighted by atomic mass is 16.2. The van der Waals surface area contributed by atoms with Gasteiger partial charge in [0.05, 0.1) is 6.04 Å². The molecule has 1 rings (SSSR count). The zero-order valence-electron chi connectivity index (χ0n) is 13.1. The van der Waals surface area contributed by atoms with Gasteiger partial charge in [-0.2, -0.15) is 0 Å². The highest BCUT2D eigenvalue weighted by molar-refractivity contribution is 5.76. The van der Waals surface area contributed by atoms with Gasteiger partial charge in [0.1, 0.15) is 0 Å². The monoisotopic (exact) mass is 291 g/mol. The Morgan fingerprint density at radius 2 is 1.86 bits per heavy atom. The fourth-order valence-corrected chi connectivity index (χ4v) is 2.07. The Bertz CT molecular complexity index is 471. The molecule has 5 nitrogen and oxygen atoms in total. The molecule has 5 heteroatoms. The van der Waals surface area contributed by atoms with E-state index in [2.05, 4.69) is 29.6 Å². The minimum Gasteiger partial charge on any atom is -0.352 e. The van der Waals surface area contributed by atoms with Crippen molar-refractivity contribution in [2.24, 2.45) is 5.73 Å². The Labute approximate surface area is 126 Å². The van der Waals surface area contributed by atoms with Crippen molar-refractivity contribution in [2.45, 2.75) is 39.2 Å². The maximum atomic E-state index is 12.1. The molecule has 0 aliphatic carbocycles. The Balaban J connectivity index is 2.39. The van der Waals surface area contributed by atoms with E-state index >= 15 is 0 Å². The maximum absolute atomic E-state index is 12.1. The molecule has 0 saturated carbocycles. The number of urea groups is 1. The molecule has 0 radical (unpaired) electrons. The number of carbonyl (C=O) groups is 2. The maximum Gasteiger partial charge on any atom is 0.312 e. The van der Waals surface area contributed by atoms with Crippen LogP contribution >= 0.6 is 0 Å². The van der Waals surface area contributed by atoms with Gasteiger partial charge in [-0.25, -0.2) is 4.79 Å². The van der Waals surface area contributed by atoms with E-state index in [1.807, 2.05) is 20.9 Å². The van der Waals surface area contributed by atoms with Crippen molar-refractivity contribution in [3.05, 3.63) is 35.4 Å². The fraction of sp³-hybridized carbons (Fsp3) is 0.500. The summed E-state index contributed by atoms with van der Waals surface area (Å²) in [4.78, 5) is 24.4. The molecule has 0 aliphatic heterocycles. The molecular weight excluding hydrogens is 266 g/mol. The number of rotatable bonds is 7. The molecule has 0 aromatic heterocycles. The number of primary amides is 1. The van der Waals surface area contributed by atoms with Gasteiger partial charge in [-0.15, -0.1) is 0 Å². The summed E-state index contributed by atoms with van der Waals surface area (Å²) in [5.41, 5.74) is 7.31. The van der Waals surface area contributed by atoms with E-state index in [1.165, 1.54) is 5.56 Å². The summed E-state index contributed by atoms with van der Waals surface area (Å²) < 4.78 is 0. The highest BCUT2D eigenvalue weighted by Crippen LogP contribution is 2.20. The fourth-order valence-electron chi connectivity index (χ4n) is 2.07. The average Bonchev–Trinajstić information content (AvgIpc) is 2.45. The first-order valence-electron chi connectivity index (χ1n) is 7.27. The van der Waals surface area contributed by atoms with Gasteiger partial charge in [-0.05, 0) is 32.3 Å². The van der Waals surface area contributed by atoms with E-state index in [1.54, 1.807) is 4.90 Å². The van der Waals surface area contributed by atoms with Crippen molar-refractivity contribution in [2.75, 3.05) is 13.6 Å². The predicted molar refractivity (Wildman–Crippen MR) is 83.8 cm³/mol. The van der Waals surface area contributed by atoms with Crippen LogP contribution in [0, 0.1) is 6.92 Å². The summed E-state index contributed by atoms with van der Waals surface area (Å²) in [6.07, 6.45) is 1.97. The van der Waals surface area contributed by atoms with E-state index in [9.17, 15) is 9.59 Å². The van der Waals surface area contributed by atoms with E-state index in [0.29, 0.717) is 13.0 Å². The first-order valence-corrected chi connectivity index (χ1v) is 7.27. The van der Waals surface area contributed by atoms with Gasteiger partial charge in [-0.3, -0.25) is 4.79 Å². The van der Waals surface area contributed by atoms with Crippen LogP contribution in [-0.4, -0.2) is 30.4 Å². The zero-order valence-corrected chi connectivity index (χ0v) is 13.1. The second kappa shape index (κ2) is 8.29. The van der Waals surface area contributed by atoms with Crippen molar-refractivity contribution >= 4 is 11.9 Å². The van der Waals surface area contributed by atoms with Gasteiger partial charge in [-0.1, -0.05) is 29.8 Å². The third-order valence-electron chi connectivity index (χ3n) is 3.65. The minimum atomic E-state index is -0.522. The molecule has 0 aliphatic rings. The SMILES string of the molecule is Cc1ccc(C(C)N(C)C(=O)CCCCNC(N)=O)cc1. The summed E-state index contributed by atoms with van der Waals surface area (Å²) in [6, 6.07) is 7.76. The molecule has 0 saturated heterocycles. The molecule has 1 unspecified atom stereocenters. The second-order valence-corrected chi connectivity index (χ2v) is 5.34. The molecule has 0 fully saturated rings. The standard InChI is InChI=1S/C16H25N3O2/c1-12-7-9-14(10-8-12)13(2)19(3)15(20)6-4-5-11-18-16(17)21/h7-10,13H,4-6,11H2,1-3H3,(H3,17,18,21). The number of unbranched alkanes of at least 4 members (excludes halogenated alkanes) is 1. The molecule has 0 heterocycles. The number of nitrogens with zero attached hydrogens (tertiary/aromatic N) is 1. The van der Waals surface area contributed by atoms with Gasteiger partial charge in [0.25, 0.3) is 0 Å². The van der Waals surface area contributed by atoms with Crippen molar-refractivity contribution in [3.8, 4) is 0 Å². The number of carbonyl (C=O) groups excluding carboxylic acids is 2. The third-order valence-corrected chi connectivity index (χ3v) is 3.65. The minimum absolute atomic E-state index is 0.0573. The van der Waals surface area contributed by atoms with Crippen LogP contribution in [0.25, 0.3) is 0 Å². The molecule has 3 amide bonds. The first kappa shape index (κ1) is 17.0. The smallest absolute Gasteiger partial charge is 0.312 e. The normalized spacial score (nSPS) is 11.8. The lowest BCUT2D eigenvalue weighted by atomic mass is 10.0. The second-order valence-electron chi connectivity index (χ2n) is 5.34. The van der Waals surface area contributed by atoms with E-state index < -0.39 is 6.03 Å².